The smallest absolute Gasteiger partial charge is 0.289 e. The van der Waals surface area contributed by atoms with Crippen molar-refractivity contribution in [3.63, 3.8) is 0 Å². The normalized spacial score (nSPS) is 16.5. The molecule has 0 aromatic heterocycles. The van der Waals surface area contributed by atoms with Crippen molar-refractivity contribution in [2.45, 2.75) is 65.0 Å². The Morgan fingerprint density at radius 1 is 1.11 bits per heavy atom. The summed E-state index contributed by atoms with van der Waals surface area (Å²) in [7, 11) is 0. The molecule has 0 spiro atoms. The molecular weight excluding hydrogens is 356 g/mol. The quantitative estimate of drug-likeness (QED) is 0.468. The Morgan fingerprint density at radius 2 is 1.82 bits per heavy atom. The molecule has 1 fully saturated rings. The monoisotopic (exact) mass is 386 g/mol. The van der Waals surface area contributed by atoms with E-state index in [0.29, 0.717) is 32.4 Å². The number of benzene rings is 1. The summed E-state index contributed by atoms with van der Waals surface area (Å²) in [4.78, 5) is 50.0. The van der Waals surface area contributed by atoms with Crippen LogP contribution >= 0.6 is 0 Å². The zero-order chi connectivity index (χ0) is 20.5. The third kappa shape index (κ3) is 6.29. The van der Waals surface area contributed by atoms with Gasteiger partial charge in [-0.05, 0) is 24.8 Å². The molecule has 1 aromatic rings. The van der Waals surface area contributed by atoms with Crippen molar-refractivity contribution in [2.24, 2.45) is 5.92 Å². The van der Waals surface area contributed by atoms with Crippen molar-refractivity contribution in [1.82, 2.24) is 10.2 Å². The average molecular weight is 386 g/mol. The van der Waals surface area contributed by atoms with Gasteiger partial charge in [0.15, 0.2) is 0 Å². The molecule has 1 atom stereocenters. The summed E-state index contributed by atoms with van der Waals surface area (Å²) >= 11 is 0. The second-order valence-corrected chi connectivity index (χ2v) is 7.61. The highest BCUT2D eigenvalue weighted by atomic mass is 16.2. The van der Waals surface area contributed by atoms with E-state index in [0.717, 1.165) is 24.8 Å². The maximum atomic E-state index is 12.5. The van der Waals surface area contributed by atoms with Crippen molar-refractivity contribution in [1.29, 1.82) is 0 Å². The van der Waals surface area contributed by atoms with Crippen molar-refractivity contribution in [3.8, 4) is 0 Å². The van der Waals surface area contributed by atoms with Gasteiger partial charge < -0.3 is 10.2 Å². The Labute approximate surface area is 166 Å². The summed E-state index contributed by atoms with van der Waals surface area (Å²) in [6, 6.07) is 8.78. The van der Waals surface area contributed by atoms with Crippen LogP contribution in [0.2, 0.25) is 0 Å². The summed E-state index contributed by atoms with van der Waals surface area (Å²) in [5.74, 6) is -0.952. The number of carbonyl (C=O) groups is 4. The van der Waals surface area contributed by atoms with Crippen molar-refractivity contribution < 1.29 is 19.2 Å². The highest BCUT2D eigenvalue weighted by molar-refractivity contribution is 6.38. The minimum absolute atomic E-state index is 0.0604. The predicted molar refractivity (Wildman–Crippen MR) is 106 cm³/mol. The zero-order valence-electron chi connectivity index (χ0n) is 16.8. The number of amides is 2. The highest BCUT2D eigenvalue weighted by Gasteiger charge is 2.38. The topological polar surface area (TPSA) is 83.5 Å². The molecule has 0 bridgehead atoms. The summed E-state index contributed by atoms with van der Waals surface area (Å²) < 4.78 is 0. The van der Waals surface area contributed by atoms with E-state index >= 15 is 0 Å². The lowest BCUT2D eigenvalue weighted by atomic mass is 10.0. The van der Waals surface area contributed by atoms with Crippen LogP contribution in [0.5, 0.6) is 0 Å². The first kappa shape index (κ1) is 21.8. The molecule has 1 aliphatic rings. The molecule has 2 rings (SSSR count). The maximum Gasteiger partial charge on any atom is 0.289 e. The second-order valence-electron chi connectivity index (χ2n) is 7.61. The van der Waals surface area contributed by atoms with Gasteiger partial charge in [-0.25, -0.2) is 0 Å². The fraction of sp³-hybridized carbons (Fsp3) is 0.545. The molecule has 152 valence electrons. The van der Waals surface area contributed by atoms with Crippen LogP contribution in [-0.4, -0.2) is 40.9 Å². The molecule has 1 aliphatic heterocycles. The van der Waals surface area contributed by atoms with Crippen LogP contribution < -0.4 is 5.32 Å². The molecule has 2 amide bonds. The predicted octanol–water partition coefficient (Wildman–Crippen LogP) is 2.65. The summed E-state index contributed by atoms with van der Waals surface area (Å²) in [5.41, 5.74) is 0.937. The fourth-order valence-corrected chi connectivity index (χ4v) is 3.31. The first-order chi connectivity index (χ1) is 13.4. The lowest BCUT2D eigenvalue weighted by Gasteiger charge is -2.23. The molecule has 0 radical (unpaired) electrons. The van der Waals surface area contributed by atoms with Crippen LogP contribution in [-0.2, 0) is 25.7 Å². The number of ketones is 2. The van der Waals surface area contributed by atoms with Crippen LogP contribution in [0.3, 0.4) is 0 Å². The van der Waals surface area contributed by atoms with E-state index in [4.69, 9.17) is 0 Å². The number of nitrogens with one attached hydrogen (secondary N) is 1. The standard InChI is InChI=1S/C22H30N2O4/c1-16(2)19(25)11-7-4-8-14-23-22(28)21(27)18-12-13-20(26)24(18)15-17-9-5-3-6-10-17/h3,5-6,9-10,16,18H,4,7-8,11-15H2,1-2H3,(H,23,28)/t18-/m1/s1. The molecule has 1 N–H and O–H groups in total. The highest BCUT2D eigenvalue weighted by Crippen LogP contribution is 2.22. The minimum atomic E-state index is -0.684. The van der Waals surface area contributed by atoms with Crippen LogP contribution in [0.4, 0.5) is 0 Å². The molecule has 28 heavy (non-hydrogen) atoms. The SMILES string of the molecule is CC(C)C(=O)CCCCCNC(=O)C(=O)[C@H]1CCC(=O)N1Cc1ccccc1. The van der Waals surface area contributed by atoms with Crippen LogP contribution in [0.1, 0.15) is 57.9 Å². The van der Waals surface area contributed by atoms with Gasteiger partial charge in [0.1, 0.15) is 11.8 Å². The molecule has 0 aliphatic carbocycles. The van der Waals surface area contributed by atoms with Gasteiger partial charge in [-0.1, -0.05) is 50.6 Å². The number of unbranched alkanes of at least 4 members (excludes halogenated alkanes) is 2. The summed E-state index contributed by atoms with van der Waals surface area (Å²) in [6.45, 7) is 4.53. The average Bonchev–Trinajstić information content (AvgIpc) is 3.04. The van der Waals surface area contributed by atoms with E-state index < -0.39 is 17.7 Å². The zero-order valence-corrected chi connectivity index (χ0v) is 16.8. The lowest BCUT2D eigenvalue weighted by molar-refractivity contribution is -0.143. The molecule has 6 nitrogen and oxygen atoms in total. The largest absolute Gasteiger partial charge is 0.349 e. The third-order valence-corrected chi connectivity index (χ3v) is 5.08. The Balaban J connectivity index is 1.76. The van der Waals surface area contributed by atoms with Gasteiger partial charge in [0.2, 0.25) is 11.7 Å². The first-order valence-electron chi connectivity index (χ1n) is 10.1. The minimum Gasteiger partial charge on any atom is -0.349 e. The van der Waals surface area contributed by atoms with Gasteiger partial charge in [0.05, 0.1) is 0 Å². The van der Waals surface area contributed by atoms with E-state index in [-0.39, 0.29) is 17.6 Å². The molecule has 1 saturated heterocycles. The number of Topliss-reactive ketones (excluding diaryl/α,β-unsaturated/α-hetero) is 2. The third-order valence-electron chi connectivity index (χ3n) is 5.08. The number of nitrogens with zero attached hydrogens (tertiary/aromatic N) is 1. The first-order valence-corrected chi connectivity index (χ1v) is 10.1. The lowest BCUT2D eigenvalue weighted by Crippen LogP contribution is -2.45. The van der Waals surface area contributed by atoms with Gasteiger partial charge in [-0.15, -0.1) is 0 Å². The van der Waals surface area contributed by atoms with E-state index in [1.807, 2.05) is 44.2 Å². The van der Waals surface area contributed by atoms with Gasteiger partial charge >= 0.3 is 0 Å². The number of likely N-dealkylation sites (tertiary alicyclic amines) is 1. The fourth-order valence-electron chi connectivity index (χ4n) is 3.31. The van der Waals surface area contributed by atoms with Gasteiger partial charge in [0, 0.05) is 31.8 Å². The Bertz CT molecular complexity index is 700. The second kappa shape index (κ2) is 10.7. The van der Waals surface area contributed by atoms with Crippen molar-refractivity contribution in [3.05, 3.63) is 35.9 Å². The molecular formula is C22H30N2O4. The number of rotatable bonds is 11. The summed E-state index contributed by atoms with van der Waals surface area (Å²) in [6.07, 6.45) is 3.58. The maximum absolute atomic E-state index is 12.5. The summed E-state index contributed by atoms with van der Waals surface area (Å²) in [5, 5.41) is 2.66. The van der Waals surface area contributed by atoms with Gasteiger partial charge in [0.25, 0.3) is 5.91 Å². The van der Waals surface area contributed by atoms with Gasteiger partial charge in [-0.3, -0.25) is 19.2 Å². The van der Waals surface area contributed by atoms with Gasteiger partial charge in [-0.2, -0.15) is 0 Å². The van der Waals surface area contributed by atoms with E-state index in [9.17, 15) is 19.2 Å². The number of hydrogen-bond donors (Lipinski definition) is 1. The Kier molecular flexibility index (Phi) is 8.36. The van der Waals surface area contributed by atoms with E-state index in [1.165, 1.54) is 4.90 Å². The number of hydrogen-bond acceptors (Lipinski definition) is 4. The van der Waals surface area contributed by atoms with E-state index in [2.05, 4.69) is 5.32 Å². The molecule has 6 heteroatoms. The van der Waals surface area contributed by atoms with E-state index in [1.54, 1.807) is 0 Å². The Hall–Kier alpha value is -2.50. The van der Waals surface area contributed by atoms with Crippen LogP contribution in [0, 0.1) is 5.92 Å². The molecule has 1 heterocycles. The molecule has 1 aromatic carbocycles. The van der Waals surface area contributed by atoms with Crippen molar-refractivity contribution in [2.75, 3.05) is 6.54 Å². The molecule has 0 unspecified atom stereocenters. The Morgan fingerprint density at radius 3 is 2.50 bits per heavy atom. The van der Waals surface area contributed by atoms with Crippen molar-refractivity contribution >= 4 is 23.4 Å². The number of carbonyl (C=O) groups excluding carboxylic acids is 4. The van der Waals surface area contributed by atoms with Crippen LogP contribution in [0.25, 0.3) is 0 Å². The molecule has 0 saturated carbocycles. The van der Waals surface area contributed by atoms with Crippen LogP contribution in [0.15, 0.2) is 30.3 Å².